The van der Waals surface area contributed by atoms with E-state index in [1.165, 1.54) is 21.7 Å². The number of fused-ring (bicyclic) bond motifs is 4. The van der Waals surface area contributed by atoms with Gasteiger partial charge in [0, 0.05) is 23.1 Å². The smallest absolute Gasteiger partial charge is 0.138 e. The van der Waals surface area contributed by atoms with Gasteiger partial charge in [0.15, 0.2) is 0 Å². The summed E-state index contributed by atoms with van der Waals surface area (Å²) in [4.78, 5) is 15.2. The van der Waals surface area contributed by atoms with Crippen molar-refractivity contribution in [2.75, 3.05) is 0 Å². The molecule has 1 N–H and O–H groups in total. The van der Waals surface area contributed by atoms with Crippen LogP contribution in [0.5, 0.6) is 0 Å². The van der Waals surface area contributed by atoms with Crippen molar-refractivity contribution in [1.82, 2.24) is 24.8 Å². The van der Waals surface area contributed by atoms with Crippen LogP contribution in [-0.4, -0.2) is 19.5 Å². The summed E-state index contributed by atoms with van der Waals surface area (Å²) < 4.78 is 2.24. The quantitative estimate of drug-likeness (QED) is 0.252. The highest BCUT2D eigenvalue weighted by Crippen LogP contribution is 2.33. The van der Waals surface area contributed by atoms with Crippen molar-refractivity contribution >= 4 is 27.8 Å². The Balaban J connectivity index is 1.20. The largest absolute Gasteiger partial charge is 0.387 e. The van der Waals surface area contributed by atoms with E-state index in [1.807, 2.05) is 36.5 Å². The Bertz CT molecular complexity index is 2120. The molecule has 0 saturated carbocycles. The molecule has 5 nitrogen and oxygen atoms in total. The predicted molar refractivity (Wildman–Crippen MR) is 166 cm³/mol. The monoisotopic (exact) mass is 527 g/mol. The molecule has 5 heteroatoms. The SMILES string of the molecule is C1=Cc2c(c3ccccc3n2-c2cccc(-c3cccc(-c4cccc(-c5cccc6ccccc56)n4)n3)n2)CN1. The van der Waals surface area contributed by atoms with E-state index in [4.69, 9.17) is 15.0 Å². The van der Waals surface area contributed by atoms with Crippen LogP contribution in [-0.2, 0) is 6.54 Å². The van der Waals surface area contributed by atoms with Gasteiger partial charge in [-0.05, 0) is 65.5 Å². The molecule has 0 spiro atoms. The maximum atomic E-state index is 5.10. The first-order valence-corrected chi connectivity index (χ1v) is 13.8. The molecule has 194 valence electrons. The van der Waals surface area contributed by atoms with E-state index in [9.17, 15) is 0 Å². The third-order valence-electron chi connectivity index (χ3n) is 7.71. The second-order valence-electron chi connectivity index (χ2n) is 10.2. The molecule has 7 aromatic rings. The van der Waals surface area contributed by atoms with Gasteiger partial charge in [0.1, 0.15) is 5.82 Å². The van der Waals surface area contributed by atoms with Crippen LogP contribution in [0.15, 0.2) is 128 Å². The molecule has 0 fully saturated rings. The minimum absolute atomic E-state index is 0.799. The molecule has 8 rings (SSSR count). The lowest BCUT2D eigenvalue weighted by molar-refractivity contribution is 0.852. The van der Waals surface area contributed by atoms with Gasteiger partial charge in [0.25, 0.3) is 0 Å². The van der Waals surface area contributed by atoms with Gasteiger partial charge in [-0.2, -0.15) is 0 Å². The molecule has 4 aromatic heterocycles. The second-order valence-corrected chi connectivity index (χ2v) is 10.2. The lowest BCUT2D eigenvalue weighted by Crippen LogP contribution is -2.11. The van der Waals surface area contributed by atoms with Crippen molar-refractivity contribution in [1.29, 1.82) is 0 Å². The Labute approximate surface area is 237 Å². The highest BCUT2D eigenvalue weighted by molar-refractivity contribution is 5.96. The van der Waals surface area contributed by atoms with Crippen molar-refractivity contribution in [2.45, 2.75) is 6.54 Å². The van der Waals surface area contributed by atoms with E-state index >= 15 is 0 Å². The number of pyridine rings is 3. The maximum absolute atomic E-state index is 5.10. The summed E-state index contributed by atoms with van der Waals surface area (Å²) >= 11 is 0. The number of nitrogens with one attached hydrogen (secondary N) is 1. The Morgan fingerprint density at radius 1 is 0.537 bits per heavy atom. The standard InChI is InChI=1S/C36H25N5/c1-2-11-25-24(9-1)10-5-13-26(25)29-14-6-15-30(38-29)31-16-7-17-32(39-31)33-18-8-20-36(40-33)41-34-19-4-3-12-27(34)28-23-37-22-21-35(28)41/h1-22,37H,23H2. The zero-order valence-corrected chi connectivity index (χ0v) is 22.2. The minimum atomic E-state index is 0.799. The van der Waals surface area contributed by atoms with Gasteiger partial charge in [-0.1, -0.05) is 78.9 Å². The fourth-order valence-electron chi connectivity index (χ4n) is 5.82. The lowest BCUT2D eigenvalue weighted by Gasteiger charge is -2.13. The summed E-state index contributed by atoms with van der Waals surface area (Å²) in [7, 11) is 0. The van der Waals surface area contributed by atoms with E-state index in [1.54, 1.807) is 0 Å². The molecule has 0 bridgehead atoms. The molecule has 0 unspecified atom stereocenters. The third-order valence-corrected chi connectivity index (χ3v) is 7.71. The van der Waals surface area contributed by atoms with E-state index in [2.05, 4.69) is 107 Å². The van der Waals surface area contributed by atoms with Crippen molar-refractivity contribution in [3.63, 3.8) is 0 Å². The highest BCUT2D eigenvalue weighted by atomic mass is 15.1. The molecule has 0 amide bonds. The van der Waals surface area contributed by atoms with Crippen molar-refractivity contribution in [2.24, 2.45) is 0 Å². The van der Waals surface area contributed by atoms with E-state index in [-0.39, 0.29) is 0 Å². The number of hydrogen-bond donors (Lipinski definition) is 1. The van der Waals surface area contributed by atoms with Crippen LogP contribution in [0.4, 0.5) is 0 Å². The molecule has 41 heavy (non-hydrogen) atoms. The van der Waals surface area contributed by atoms with E-state index < -0.39 is 0 Å². The number of nitrogens with zero attached hydrogens (tertiary/aromatic N) is 4. The average molecular weight is 528 g/mol. The highest BCUT2D eigenvalue weighted by Gasteiger charge is 2.19. The number of hydrogen-bond acceptors (Lipinski definition) is 4. The topological polar surface area (TPSA) is 55.6 Å². The van der Waals surface area contributed by atoms with Crippen molar-refractivity contribution in [3.05, 3.63) is 139 Å². The zero-order chi connectivity index (χ0) is 27.2. The Hall–Kier alpha value is -5.55. The second kappa shape index (κ2) is 9.57. The van der Waals surface area contributed by atoms with Crippen LogP contribution in [0.2, 0.25) is 0 Å². The van der Waals surface area contributed by atoms with Crippen LogP contribution in [0.1, 0.15) is 11.3 Å². The number of para-hydroxylation sites is 1. The van der Waals surface area contributed by atoms with Crippen LogP contribution in [0.3, 0.4) is 0 Å². The van der Waals surface area contributed by atoms with Gasteiger partial charge in [0.2, 0.25) is 0 Å². The van der Waals surface area contributed by atoms with Crippen LogP contribution in [0, 0.1) is 0 Å². The minimum Gasteiger partial charge on any atom is -0.387 e. The fraction of sp³-hybridized carbons (Fsp3) is 0.0278. The zero-order valence-electron chi connectivity index (χ0n) is 22.2. The third kappa shape index (κ3) is 3.98. The first-order valence-electron chi connectivity index (χ1n) is 13.8. The normalized spacial score (nSPS) is 12.4. The predicted octanol–water partition coefficient (Wildman–Crippen LogP) is 8.04. The average Bonchev–Trinajstić information content (AvgIpc) is 3.39. The number of rotatable bonds is 4. The first kappa shape index (κ1) is 23.3. The van der Waals surface area contributed by atoms with Crippen LogP contribution >= 0.6 is 0 Å². The van der Waals surface area contributed by atoms with Gasteiger partial charge in [0.05, 0.1) is 39.7 Å². The maximum Gasteiger partial charge on any atom is 0.138 e. The summed E-state index contributed by atoms with van der Waals surface area (Å²) in [5.41, 5.74) is 8.90. The molecule has 1 aliphatic heterocycles. The van der Waals surface area contributed by atoms with Crippen LogP contribution in [0.25, 0.3) is 67.6 Å². The van der Waals surface area contributed by atoms with Gasteiger partial charge < -0.3 is 5.32 Å². The molecule has 0 radical (unpaired) electrons. The Morgan fingerprint density at radius 3 is 1.98 bits per heavy atom. The summed E-state index contributed by atoms with van der Waals surface area (Å²) in [6.45, 7) is 0.799. The van der Waals surface area contributed by atoms with Crippen molar-refractivity contribution in [3.8, 4) is 39.9 Å². The molecular formula is C36H25N5. The number of aromatic nitrogens is 4. The lowest BCUT2D eigenvalue weighted by atomic mass is 10.0. The first-order chi connectivity index (χ1) is 20.3. The van der Waals surface area contributed by atoms with E-state index in [0.29, 0.717) is 0 Å². The molecule has 0 aliphatic carbocycles. The summed E-state index contributed by atoms with van der Waals surface area (Å²) in [5, 5.41) is 6.98. The van der Waals surface area contributed by atoms with Crippen molar-refractivity contribution < 1.29 is 0 Å². The summed E-state index contributed by atoms with van der Waals surface area (Å²) in [6, 6.07) is 41.6. The van der Waals surface area contributed by atoms with Gasteiger partial charge >= 0.3 is 0 Å². The van der Waals surface area contributed by atoms with Crippen LogP contribution < -0.4 is 5.32 Å². The van der Waals surface area contributed by atoms with Gasteiger partial charge in [-0.15, -0.1) is 0 Å². The molecule has 3 aromatic carbocycles. The Kier molecular flexibility index (Phi) is 5.45. The number of benzene rings is 3. The van der Waals surface area contributed by atoms with E-state index in [0.717, 1.165) is 57.6 Å². The van der Waals surface area contributed by atoms with Gasteiger partial charge in [-0.3, -0.25) is 4.57 Å². The van der Waals surface area contributed by atoms with Gasteiger partial charge in [-0.25, -0.2) is 15.0 Å². The Morgan fingerprint density at radius 2 is 1.15 bits per heavy atom. The molecule has 0 saturated heterocycles. The molecule has 0 atom stereocenters. The molecular weight excluding hydrogens is 502 g/mol. The summed E-state index contributed by atoms with van der Waals surface area (Å²) in [5.74, 6) is 0.870. The summed E-state index contributed by atoms with van der Waals surface area (Å²) in [6.07, 6.45) is 4.13. The fourth-order valence-corrected chi connectivity index (χ4v) is 5.82. The molecule has 5 heterocycles. The molecule has 1 aliphatic rings.